The molecule has 0 amide bonds. The van der Waals surface area contributed by atoms with Gasteiger partial charge in [-0.25, -0.2) is 0 Å². The molecule has 0 bridgehead atoms. The first kappa shape index (κ1) is 28.0. The molecular formula is C48H32. The van der Waals surface area contributed by atoms with Gasteiger partial charge in [-0.3, -0.25) is 0 Å². The van der Waals surface area contributed by atoms with Gasteiger partial charge >= 0.3 is 0 Å². The first-order valence-corrected chi connectivity index (χ1v) is 16.6. The van der Waals surface area contributed by atoms with Crippen LogP contribution in [0.2, 0.25) is 0 Å². The van der Waals surface area contributed by atoms with E-state index in [1.165, 1.54) is 88.0 Å². The molecule has 0 aliphatic rings. The molecule has 0 saturated carbocycles. The van der Waals surface area contributed by atoms with Gasteiger partial charge in [0.2, 0.25) is 0 Å². The zero-order valence-corrected chi connectivity index (χ0v) is 26.5. The van der Waals surface area contributed by atoms with Crippen LogP contribution in [-0.4, -0.2) is 0 Å². The topological polar surface area (TPSA) is 0 Å². The summed E-state index contributed by atoms with van der Waals surface area (Å²) in [5.74, 6) is 0. The summed E-state index contributed by atoms with van der Waals surface area (Å²) in [5.41, 5.74) is 12.4. The molecule has 0 aromatic heterocycles. The van der Waals surface area contributed by atoms with E-state index in [9.17, 15) is 0 Å². The molecule has 0 spiro atoms. The maximum absolute atomic E-state index is 2.34. The predicted octanol–water partition coefficient (Wildman–Crippen LogP) is 13.5. The molecule has 48 heavy (non-hydrogen) atoms. The van der Waals surface area contributed by atoms with E-state index in [0.717, 1.165) is 0 Å². The molecule has 0 heterocycles. The predicted molar refractivity (Wildman–Crippen MR) is 206 cm³/mol. The third-order valence-electron chi connectivity index (χ3n) is 9.65. The van der Waals surface area contributed by atoms with Crippen LogP contribution < -0.4 is 0 Å². The van der Waals surface area contributed by atoms with E-state index >= 15 is 0 Å². The summed E-state index contributed by atoms with van der Waals surface area (Å²) in [7, 11) is 0. The molecule has 0 atom stereocenters. The minimum atomic E-state index is 1.21. The Morgan fingerprint density at radius 2 is 0.604 bits per heavy atom. The second kappa shape index (κ2) is 11.8. The SMILES string of the molecule is c1ccc(-c2ccc3cc(-c4ccc(-c5cccc(-c6cccc(-c7cccc8ccccc78)c6)c5)c5ccccc45)ccc3c2)cc1. The van der Waals surface area contributed by atoms with E-state index in [1.54, 1.807) is 0 Å². The molecule has 0 unspecified atom stereocenters. The fraction of sp³-hybridized carbons (Fsp3) is 0. The molecule has 9 rings (SSSR count). The number of fused-ring (bicyclic) bond motifs is 3. The van der Waals surface area contributed by atoms with Gasteiger partial charge in [0.1, 0.15) is 0 Å². The highest BCUT2D eigenvalue weighted by atomic mass is 14.2. The van der Waals surface area contributed by atoms with E-state index in [2.05, 4.69) is 194 Å². The molecule has 0 heteroatoms. The quantitative estimate of drug-likeness (QED) is 0.182. The van der Waals surface area contributed by atoms with Gasteiger partial charge < -0.3 is 0 Å². The lowest BCUT2D eigenvalue weighted by Gasteiger charge is -2.14. The lowest BCUT2D eigenvalue weighted by atomic mass is 9.90. The van der Waals surface area contributed by atoms with Gasteiger partial charge in [0.15, 0.2) is 0 Å². The van der Waals surface area contributed by atoms with Crippen molar-refractivity contribution in [3.8, 4) is 55.6 Å². The highest BCUT2D eigenvalue weighted by molar-refractivity contribution is 6.06. The van der Waals surface area contributed by atoms with Crippen molar-refractivity contribution in [3.63, 3.8) is 0 Å². The normalized spacial score (nSPS) is 11.3. The molecule has 0 saturated heterocycles. The zero-order valence-electron chi connectivity index (χ0n) is 26.5. The van der Waals surface area contributed by atoms with Crippen LogP contribution in [0.25, 0.3) is 88.0 Å². The number of benzene rings is 9. The average molecular weight is 609 g/mol. The van der Waals surface area contributed by atoms with E-state index in [1.807, 2.05) is 0 Å². The van der Waals surface area contributed by atoms with Gasteiger partial charge in [0, 0.05) is 0 Å². The van der Waals surface area contributed by atoms with Gasteiger partial charge in [-0.1, -0.05) is 170 Å². The van der Waals surface area contributed by atoms with Crippen molar-refractivity contribution >= 4 is 32.3 Å². The highest BCUT2D eigenvalue weighted by Crippen LogP contribution is 2.39. The van der Waals surface area contributed by atoms with Crippen molar-refractivity contribution in [1.82, 2.24) is 0 Å². The van der Waals surface area contributed by atoms with E-state index in [-0.39, 0.29) is 0 Å². The summed E-state index contributed by atoms with van der Waals surface area (Å²) in [5, 5.41) is 7.57. The van der Waals surface area contributed by atoms with Crippen molar-refractivity contribution < 1.29 is 0 Å². The largest absolute Gasteiger partial charge is 0.0622 e. The van der Waals surface area contributed by atoms with Crippen molar-refractivity contribution in [2.75, 3.05) is 0 Å². The molecule has 0 fully saturated rings. The first-order chi connectivity index (χ1) is 23.8. The molecule has 9 aromatic carbocycles. The third kappa shape index (κ3) is 5.05. The minimum Gasteiger partial charge on any atom is -0.0622 e. The summed E-state index contributed by atoms with van der Waals surface area (Å²) < 4.78 is 0. The molecule has 0 N–H and O–H groups in total. The highest BCUT2D eigenvalue weighted by Gasteiger charge is 2.12. The Labute approximate surface area is 281 Å². The second-order valence-electron chi connectivity index (χ2n) is 12.5. The van der Waals surface area contributed by atoms with Crippen LogP contribution >= 0.6 is 0 Å². The summed E-state index contributed by atoms with van der Waals surface area (Å²) in [6.07, 6.45) is 0. The fourth-order valence-corrected chi connectivity index (χ4v) is 7.24. The van der Waals surface area contributed by atoms with Gasteiger partial charge in [-0.15, -0.1) is 0 Å². The third-order valence-corrected chi connectivity index (χ3v) is 9.65. The Balaban J connectivity index is 1.09. The van der Waals surface area contributed by atoms with Gasteiger partial charge in [-0.2, -0.15) is 0 Å². The van der Waals surface area contributed by atoms with Crippen LogP contribution in [0.3, 0.4) is 0 Å². The van der Waals surface area contributed by atoms with E-state index < -0.39 is 0 Å². The van der Waals surface area contributed by atoms with Gasteiger partial charge in [-0.05, 0) is 112 Å². The van der Waals surface area contributed by atoms with Crippen LogP contribution in [0.15, 0.2) is 194 Å². The summed E-state index contributed by atoms with van der Waals surface area (Å²) >= 11 is 0. The van der Waals surface area contributed by atoms with Crippen LogP contribution in [0.5, 0.6) is 0 Å². The average Bonchev–Trinajstić information content (AvgIpc) is 3.17. The maximum atomic E-state index is 2.34. The van der Waals surface area contributed by atoms with Crippen molar-refractivity contribution in [2.24, 2.45) is 0 Å². The summed E-state index contributed by atoms with van der Waals surface area (Å²) in [6.45, 7) is 0. The molecule has 0 radical (unpaired) electrons. The Morgan fingerprint density at radius 1 is 0.188 bits per heavy atom. The maximum Gasteiger partial charge on any atom is -0.00992 e. The van der Waals surface area contributed by atoms with Gasteiger partial charge in [0.05, 0.1) is 0 Å². The molecule has 0 aliphatic heterocycles. The van der Waals surface area contributed by atoms with E-state index in [0.29, 0.717) is 0 Å². The molecule has 9 aromatic rings. The molecule has 0 aliphatic carbocycles. The Hall–Kier alpha value is -6.24. The van der Waals surface area contributed by atoms with Crippen molar-refractivity contribution in [1.29, 1.82) is 0 Å². The number of hydrogen-bond donors (Lipinski definition) is 0. The fourth-order valence-electron chi connectivity index (χ4n) is 7.24. The van der Waals surface area contributed by atoms with Crippen LogP contribution in [0.1, 0.15) is 0 Å². The summed E-state index contributed by atoms with van der Waals surface area (Å²) in [6, 6.07) is 70.7. The van der Waals surface area contributed by atoms with Crippen molar-refractivity contribution in [3.05, 3.63) is 194 Å². The first-order valence-electron chi connectivity index (χ1n) is 16.6. The lowest BCUT2D eigenvalue weighted by Crippen LogP contribution is -1.88. The van der Waals surface area contributed by atoms with Gasteiger partial charge in [0.25, 0.3) is 0 Å². The van der Waals surface area contributed by atoms with Crippen LogP contribution in [-0.2, 0) is 0 Å². The standard InChI is InChI=1S/C48H32/c1-2-11-33(12-3-1)37-23-24-39-32-42(26-25-38(39)29-37)46-28-27-45(47-20-6-7-21-48(46)47)41-18-9-16-36(31-41)35-15-8-17-40(30-35)44-22-10-14-34-13-4-5-19-43(34)44/h1-32H. The number of rotatable bonds is 5. The van der Waals surface area contributed by atoms with Crippen molar-refractivity contribution in [2.45, 2.75) is 0 Å². The van der Waals surface area contributed by atoms with Crippen LogP contribution in [0, 0.1) is 0 Å². The minimum absolute atomic E-state index is 1.21. The Bertz CT molecular complexity index is 2600. The molecule has 224 valence electrons. The molecular weight excluding hydrogens is 577 g/mol. The Morgan fingerprint density at radius 3 is 1.27 bits per heavy atom. The zero-order chi connectivity index (χ0) is 31.9. The van der Waals surface area contributed by atoms with E-state index in [4.69, 9.17) is 0 Å². The Kier molecular flexibility index (Phi) is 6.91. The van der Waals surface area contributed by atoms with Crippen LogP contribution in [0.4, 0.5) is 0 Å². The summed E-state index contributed by atoms with van der Waals surface area (Å²) in [4.78, 5) is 0. The smallest absolute Gasteiger partial charge is 0.00992 e. The monoisotopic (exact) mass is 608 g/mol. The molecule has 0 nitrogen and oxygen atoms in total. The lowest BCUT2D eigenvalue weighted by molar-refractivity contribution is 1.59. The second-order valence-corrected chi connectivity index (χ2v) is 12.5. The number of hydrogen-bond acceptors (Lipinski definition) is 0.